The van der Waals surface area contributed by atoms with Crippen molar-refractivity contribution in [3.63, 3.8) is 0 Å². The largest absolute Gasteiger partial charge is 0.323 e. The second kappa shape index (κ2) is 5.95. The molecule has 0 saturated carbocycles. The molecule has 0 aliphatic heterocycles. The lowest BCUT2D eigenvalue weighted by molar-refractivity contribution is 0.102. The summed E-state index contributed by atoms with van der Waals surface area (Å²) in [5.74, 6) is -0.133. The number of hydrogen-bond donors (Lipinski definition) is 2. The van der Waals surface area contributed by atoms with Crippen LogP contribution in [0.3, 0.4) is 0 Å². The molecule has 1 aromatic carbocycles. The molecule has 2 aromatic rings. The summed E-state index contributed by atoms with van der Waals surface area (Å²) in [7, 11) is 0. The molecule has 0 fully saturated rings. The van der Waals surface area contributed by atoms with E-state index in [9.17, 15) is 4.79 Å². The minimum Gasteiger partial charge on any atom is -0.323 e. The maximum absolute atomic E-state index is 12.5. The Bertz CT molecular complexity index is 641. The van der Waals surface area contributed by atoms with E-state index in [-0.39, 0.29) is 17.4 Å². The van der Waals surface area contributed by atoms with Gasteiger partial charge in [-0.3, -0.25) is 10.1 Å². The highest BCUT2D eigenvalue weighted by Crippen LogP contribution is 2.27. The van der Waals surface area contributed by atoms with Crippen LogP contribution in [0.1, 0.15) is 55.4 Å². The first-order chi connectivity index (χ1) is 9.79. The summed E-state index contributed by atoms with van der Waals surface area (Å²) in [5.41, 5.74) is 8.19. The number of benzene rings is 1. The first-order valence-corrected chi connectivity index (χ1v) is 7.79. The van der Waals surface area contributed by atoms with Crippen LogP contribution >= 0.6 is 11.3 Å². The van der Waals surface area contributed by atoms with Crippen LogP contribution in [0.15, 0.2) is 29.6 Å². The van der Waals surface area contributed by atoms with E-state index >= 15 is 0 Å². The van der Waals surface area contributed by atoms with Crippen LogP contribution in [0.2, 0.25) is 0 Å². The number of carbonyl (C=O) groups excluding carboxylic acids is 1. The maximum Gasteiger partial charge on any atom is 0.257 e. The van der Waals surface area contributed by atoms with Crippen LogP contribution in [-0.4, -0.2) is 10.9 Å². The molecular formula is C16H21N3OS. The average molecular weight is 303 g/mol. The summed E-state index contributed by atoms with van der Waals surface area (Å²) in [4.78, 5) is 16.8. The van der Waals surface area contributed by atoms with Crippen molar-refractivity contribution in [1.82, 2.24) is 4.98 Å². The Morgan fingerprint density at radius 2 is 2.00 bits per heavy atom. The summed E-state index contributed by atoms with van der Waals surface area (Å²) in [6.45, 7) is 8.15. The molecule has 1 heterocycles. The highest BCUT2D eigenvalue weighted by Gasteiger charge is 2.21. The number of nitrogens with two attached hydrogens (primary N) is 1. The third-order valence-electron chi connectivity index (χ3n) is 3.19. The van der Waals surface area contributed by atoms with Crippen LogP contribution in [-0.2, 0) is 5.41 Å². The van der Waals surface area contributed by atoms with E-state index in [1.807, 2.05) is 36.6 Å². The Morgan fingerprint density at radius 3 is 2.57 bits per heavy atom. The molecule has 0 saturated heterocycles. The predicted molar refractivity (Wildman–Crippen MR) is 87.8 cm³/mol. The molecule has 1 atom stereocenters. The number of nitrogens with zero attached hydrogens (tertiary/aromatic N) is 1. The quantitative estimate of drug-likeness (QED) is 0.908. The number of amides is 1. The van der Waals surface area contributed by atoms with Gasteiger partial charge in [-0.1, -0.05) is 39.0 Å². The number of aromatic nitrogens is 1. The van der Waals surface area contributed by atoms with Crippen molar-refractivity contribution in [1.29, 1.82) is 0 Å². The van der Waals surface area contributed by atoms with Gasteiger partial charge in [0.05, 0.1) is 5.69 Å². The molecule has 0 spiro atoms. The van der Waals surface area contributed by atoms with E-state index in [0.29, 0.717) is 10.7 Å². The molecule has 0 bridgehead atoms. The van der Waals surface area contributed by atoms with Gasteiger partial charge >= 0.3 is 0 Å². The monoisotopic (exact) mass is 303 g/mol. The molecular weight excluding hydrogens is 282 g/mol. The fourth-order valence-electron chi connectivity index (χ4n) is 2.05. The zero-order valence-corrected chi connectivity index (χ0v) is 13.6. The molecule has 1 aromatic heterocycles. The van der Waals surface area contributed by atoms with Crippen LogP contribution in [0.4, 0.5) is 5.13 Å². The molecule has 1 unspecified atom stereocenters. The van der Waals surface area contributed by atoms with Gasteiger partial charge in [0.15, 0.2) is 5.13 Å². The van der Waals surface area contributed by atoms with Gasteiger partial charge in [0.2, 0.25) is 0 Å². The van der Waals surface area contributed by atoms with Gasteiger partial charge in [0, 0.05) is 17.0 Å². The van der Waals surface area contributed by atoms with Gasteiger partial charge in [-0.05, 0) is 24.0 Å². The standard InChI is InChI=1S/C16H21N3OS/c1-10(17)13-9-21-15(18-13)19-14(20)11-7-5-6-8-12(11)16(2,3)4/h5-10H,17H2,1-4H3,(H,18,19,20). The molecule has 2 rings (SSSR count). The van der Waals surface area contributed by atoms with Crippen molar-refractivity contribution in [3.8, 4) is 0 Å². The molecule has 3 N–H and O–H groups in total. The summed E-state index contributed by atoms with van der Waals surface area (Å²) in [6, 6.07) is 7.53. The second-order valence-corrected chi connectivity index (χ2v) is 6.97. The van der Waals surface area contributed by atoms with Gasteiger partial charge in [0.1, 0.15) is 0 Å². The lowest BCUT2D eigenvalue weighted by Gasteiger charge is -2.22. The zero-order valence-electron chi connectivity index (χ0n) is 12.8. The number of anilines is 1. The van der Waals surface area contributed by atoms with Crippen molar-refractivity contribution in [2.75, 3.05) is 5.32 Å². The van der Waals surface area contributed by atoms with E-state index in [4.69, 9.17) is 5.73 Å². The van der Waals surface area contributed by atoms with Crippen molar-refractivity contribution >= 4 is 22.4 Å². The molecule has 0 radical (unpaired) electrons. The Hall–Kier alpha value is -1.72. The highest BCUT2D eigenvalue weighted by molar-refractivity contribution is 7.14. The molecule has 0 aliphatic rings. The van der Waals surface area contributed by atoms with Gasteiger partial charge < -0.3 is 5.73 Å². The summed E-state index contributed by atoms with van der Waals surface area (Å²) >= 11 is 1.39. The van der Waals surface area contributed by atoms with Gasteiger partial charge in [-0.25, -0.2) is 4.98 Å². The Balaban J connectivity index is 2.24. The number of rotatable bonds is 3. The molecule has 21 heavy (non-hydrogen) atoms. The summed E-state index contributed by atoms with van der Waals surface area (Å²) in [6.07, 6.45) is 0. The van der Waals surface area contributed by atoms with Gasteiger partial charge in [-0.15, -0.1) is 11.3 Å². The lowest BCUT2D eigenvalue weighted by Crippen LogP contribution is -2.20. The van der Waals surface area contributed by atoms with Crippen LogP contribution in [0.5, 0.6) is 0 Å². The molecule has 1 amide bonds. The van der Waals surface area contributed by atoms with E-state index in [2.05, 4.69) is 31.1 Å². The average Bonchev–Trinajstić information content (AvgIpc) is 2.86. The lowest BCUT2D eigenvalue weighted by atomic mass is 9.83. The molecule has 112 valence electrons. The molecule has 5 heteroatoms. The maximum atomic E-state index is 12.5. The second-order valence-electron chi connectivity index (χ2n) is 6.12. The first-order valence-electron chi connectivity index (χ1n) is 6.91. The van der Waals surface area contributed by atoms with E-state index < -0.39 is 0 Å². The first kappa shape index (κ1) is 15.7. The number of carbonyl (C=O) groups is 1. The van der Waals surface area contributed by atoms with Crippen LogP contribution in [0, 0.1) is 0 Å². The van der Waals surface area contributed by atoms with Gasteiger partial charge in [-0.2, -0.15) is 0 Å². The smallest absolute Gasteiger partial charge is 0.257 e. The van der Waals surface area contributed by atoms with Crippen molar-refractivity contribution in [2.45, 2.75) is 39.2 Å². The highest BCUT2D eigenvalue weighted by atomic mass is 32.1. The zero-order chi connectivity index (χ0) is 15.6. The van der Waals surface area contributed by atoms with Gasteiger partial charge in [0.25, 0.3) is 5.91 Å². The third kappa shape index (κ3) is 3.68. The van der Waals surface area contributed by atoms with Crippen LogP contribution in [0.25, 0.3) is 0 Å². The SMILES string of the molecule is CC(N)c1csc(NC(=O)c2ccccc2C(C)(C)C)n1. The third-order valence-corrected chi connectivity index (χ3v) is 3.96. The molecule has 4 nitrogen and oxygen atoms in total. The van der Waals surface area contributed by atoms with E-state index in [1.54, 1.807) is 0 Å². The molecule has 0 aliphatic carbocycles. The van der Waals surface area contributed by atoms with Crippen molar-refractivity contribution in [3.05, 3.63) is 46.5 Å². The predicted octanol–water partition coefficient (Wildman–Crippen LogP) is 3.71. The normalized spacial score (nSPS) is 13.0. The number of nitrogens with one attached hydrogen (secondary N) is 1. The summed E-state index contributed by atoms with van der Waals surface area (Å²) in [5, 5.41) is 5.31. The number of hydrogen-bond acceptors (Lipinski definition) is 4. The van der Waals surface area contributed by atoms with Crippen LogP contribution < -0.4 is 11.1 Å². The Labute approximate surface area is 129 Å². The number of thiazole rings is 1. The van der Waals surface area contributed by atoms with E-state index in [1.165, 1.54) is 11.3 Å². The fraction of sp³-hybridized carbons (Fsp3) is 0.375. The fourth-order valence-corrected chi connectivity index (χ4v) is 2.86. The van der Waals surface area contributed by atoms with Crippen molar-refractivity contribution < 1.29 is 4.79 Å². The minimum atomic E-state index is -0.133. The minimum absolute atomic E-state index is 0.0895. The van der Waals surface area contributed by atoms with E-state index in [0.717, 1.165) is 11.3 Å². The Morgan fingerprint density at radius 1 is 1.33 bits per heavy atom. The Kier molecular flexibility index (Phi) is 4.44. The van der Waals surface area contributed by atoms with Crippen molar-refractivity contribution in [2.24, 2.45) is 5.73 Å². The summed E-state index contributed by atoms with van der Waals surface area (Å²) < 4.78 is 0. The topological polar surface area (TPSA) is 68.0 Å².